The summed E-state index contributed by atoms with van der Waals surface area (Å²) in [4.78, 5) is 24.3. The van der Waals surface area contributed by atoms with Crippen molar-refractivity contribution in [2.24, 2.45) is 0 Å². The Bertz CT molecular complexity index is 810. The van der Waals surface area contributed by atoms with Crippen molar-refractivity contribution in [3.63, 3.8) is 0 Å². The second-order valence-corrected chi connectivity index (χ2v) is 6.62. The van der Waals surface area contributed by atoms with Crippen LogP contribution in [-0.4, -0.2) is 24.1 Å². The van der Waals surface area contributed by atoms with E-state index in [2.05, 4.69) is 5.32 Å². The second-order valence-electron chi connectivity index (χ2n) is 5.77. The number of carbonyl (C=O) groups is 2. The number of carbonyl (C=O) groups excluding carboxylic acids is 2. The van der Waals surface area contributed by atoms with E-state index in [-0.39, 0.29) is 5.02 Å². The van der Waals surface area contributed by atoms with Gasteiger partial charge in [0.15, 0.2) is 12.2 Å². The van der Waals surface area contributed by atoms with Gasteiger partial charge in [-0.25, -0.2) is 4.79 Å². The molecule has 1 amide bonds. The van der Waals surface area contributed by atoms with E-state index in [1.165, 1.54) is 19.9 Å². The molecule has 26 heavy (non-hydrogen) atoms. The number of halogens is 2. The number of hydrogen-bond donors (Lipinski definition) is 1. The van der Waals surface area contributed by atoms with Gasteiger partial charge in [-0.15, -0.1) is 0 Å². The quantitative estimate of drug-likeness (QED) is 0.723. The van der Waals surface area contributed by atoms with Gasteiger partial charge in [-0.05, 0) is 56.7 Å². The van der Waals surface area contributed by atoms with Gasteiger partial charge < -0.3 is 14.8 Å². The molecule has 0 saturated carbocycles. The van der Waals surface area contributed by atoms with Gasteiger partial charge in [0, 0.05) is 10.7 Å². The number of rotatable bonds is 6. The van der Waals surface area contributed by atoms with Gasteiger partial charge in [0.1, 0.15) is 5.75 Å². The number of nitrogens with one attached hydrogen (secondary N) is 1. The van der Waals surface area contributed by atoms with Crippen molar-refractivity contribution in [2.45, 2.75) is 33.0 Å². The van der Waals surface area contributed by atoms with E-state index in [0.29, 0.717) is 16.5 Å². The van der Waals surface area contributed by atoms with Crippen molar-refractivity contribution in [3.05, 3.63) is 58.1 Å². The Labute approximate surface area is 162 Å². The zero-order valence-corrected chi connectivity index (χ0v) is 16.1. The maximum Gasteiger partial charge on any atom is 0.347 e. The summed E-state index contributed by atoms with van der Waals surface area (Å²) in [5.74, 6) is -0.805. The first-order valence-electron chi connectivity index (χ1n) is 7.96. The van der Waals surface area contributed by atoms with E-state index in [1.54, 1.807) is 18.2 Å². The van der Waals surface area contributed by atoms with Crippen LogP contribution in [-0.2, 0) is 14.3 Å². The lowest BCUT2D eigenvalue weighted by atomic mass is 10.2. The monoisotopic (exact) mass is 395 g/mol. The van der Waals surface area contributed by atoms with E-state index in [4.69, 9.17) is 32.7 Å². The molecule has 0 spiro atoms. The molecule has 0 aliphatic heterocycles. The third-order valence-electron chi connectivity index (χ3n) is 3.48. The summed E-state index contributed by atoms with van der Waals surface area (Å²) in [7, 11) is 0. The highest BCUT2D eigenvalue weighted by atomic mass is 35.5. The summed E-state index contributed by atoms with van der Waals surface area (Å²) >= 11 is 11.8. The molecule has 2 aromatic rings. The Kier molecular flexibility index (Phi) is 6.89. The summed E-state index contributed by atoms with van der Waals surface area (Å²) in [6, 6.07) is 12.0. The first-order valence-corrected chi connectivity index (χ1v) is 8.71. The fourth-order valence-electron chi connectivity index (χ4n) is 2.10. The maximum atomic E-state index is 12.2. The third-order valence-corrected chi connectivity index (χ3v) is 4.01. The SMILES string of the molecule is Cc1cccc(NC(=O)[C@@H](C)OC(=O)[C@@H](C)Oc2ccc(Cl)cc2Cl)c1. The Balaban J connectivity index is 1.91. The van der Waals surface area contributed by atoms with Crippen LogP contribution in [0.2, 0.25) is 10.0 Å². The number of hydrogen-bond acceptors (Lipinski definition) is 4. The van der Waals surface area contributed by atoms with Crippen LogP contribution in [0.5, 0.6) is 5.75 Å². The Hall–Kier alpha value is -2.24. The van der Waals surface area contributed by atoms with Crippen molar-refractivity contribution in [1.29, 1.82) is 0 Å². The minimum Gasteiger partial charge on any atom is -0.477 e. The van der Waals surface area contributed by atoms with E-state index >= 15 is 0 Å². The zero-order chi connectivity index (χ0) is 19.3. The van der Waals surface area contributed by atoms with Gasteiger partial charge in [-0.1, -0.05) is 35.3 Å². The third kappa shape index (κ3) is 5.64. The molecule has 0 heterocycles. The van der Waals surface area contributed by atoms with Gasteiger partial charge in [0.05, 0.1) is 5.02 Å². The topological polar surface area (TPSA) is 64.6 Å². The lowest BCUT2D eigenvalue weighted by molar-refractivity contribution is -0.159. The molecule has 0 radical (unpaired) electrons. The molecule has 2 rings (SSSR count). The van der Waals surface area contributed by atoms with E-state index < -0.39 is 24.1 Å². The van der Waals surface area contributed by atoms with Crippen molar-refractivity contribution in [3.8, 4) is 5.75 Å². The molecule has 0 aliphatic carbocycles. The molecule has 0 bridgehead atoms. The number of benzene rings is 2. The molecule has 2 aromatic carbocycles. The lowest BCUT2D eigenvalue weighted by Crippen LogP contribution is -2.35. The lowest BCUT2D eigenvalue weighted by Gasteiger charge is -2.18. The van der Waals surface area contributed by atoms with Crippen LogP contribution in [0.15, 0.2) is 42.5 Å². The minimum absolute atomic E-state index is 0.280. The van der Waals surface area contributed by atoms with Crippen LogP contribution in [0.1, 0.15) is 19.4 Å². The maximum absolute atomic E-state index is 12.2. The summed E-state index contributed by atoms with van der Waals surface area (Å²) in [6.45, 7) is 4.92. The summed E-state index contributed by atoms with van der Waals surface area (Å²) in [5.41, 5.74) is 1.64. The smallest absolute Gasteiger partial charge is 0.347 e. The molecule has 0 unspecified atom stereocenters. The predicted molar refractivity (Wildman–Crippen MR) is 102 cm³/mol. The number of amides is 1. The molecular formula is C19H19Cl2NO4. The average Bonchev–Trinajstić information content (AvgIpc) is 2.57. The minimum atomic E-state index is -0.977. The standard InChI is InChI=1S/C19H19Cl2NO4/c1-11-5-4-6-15(9-11)22-18(23)12(2)26-19(24)13(3)25-17-8-7-14(20)10-16(17)21/h4-10,12-13H,1-3H3,(H,22,23)/t12-,13-/m1/s1. The molecule has 0 fully saturated rings. The second kappa shape index (κ2) is 8.92. The Morgan fingerprint density at radius 1 is 1.04 bits per heavy atom. The molecule has 0 aliphatic rings. The van der Waals surface area contributed by atoms with Crippen molar-refractivity contribution < 1.29 is 19.1 Å². The van der Waals surface area contributed by atoms with Crippen LogP contribution in [0.4, 0.5) is 5.69 Å². The van der Waals surface area contributed by atoms with E-state index in [0.717, 1.165) is 5.56 Å². The fraction of sp³-hybridized carbons (Fsp3) is 0.263. The normalized spacial score (nSPS) is 12.8. The van der Waals surface area contributed by atoms with Gasteiger partial charge in [-0.2, -0.15) is 0 Å². The number of aryl methyl sites for hydroxylation is 1. The summed E-state index contributed by atoms with van der Waals surface area (Å²) < 4.78 is 10.6. The van der Waals surface area contributed by atoms with Crippen LogP contribution in [0.3, 0.4) is 0 Å². The summed E-state index contributed by atoms with van der Waals surface area (Å²) in [5, 5.41) is 3.44. The van der Waals surface area contributed by atoms with Crippen molar-refractivity contribution >= 4 is 40.8 Å². The molecule has 7 heteroatoms. The van der Waals surface area contributed by atoms with Gasteiger partial charge in [0.2, 0.25) is 0 Å². The number of anilines is 1. The van der Waals surface area contributed by atoms with Crippen LogP contribution in [0, 0.1) is 6.92 Å². The predicted octanol–water partition coefficient (Wildman–Crippen LogP) is 4.64. The molecule has 5 nitrogen and oxygen atoms in total. The molecular weight excluding hydrogens is 377 g/mol. The highest BCUT2D eigenvalue weighted by Gasteiger charge is 2.24. The van der Waals surface area contributed by atoms with Gasteiger partial charge in [0.25, 0.3) is 5.91 Å². The van der Waals surface area contributed by atoms with Crippen molar-refractivity contribution in [1.82, 2.24) is 0 Å². The zero-order valence-electron chi connectivity index (χ0n) is 14.6. The van der Waals surface area contributed by atoms with Crippen LogP contribution >= 0.6 is 23.2 Å². The highest BCUT2D eigenvalue weighted by molar-refractivity contribution is 6.35. The van der Waals surface area contributed by atoms with Crippen LogP contribution in [0.25, 0.3) is 0 Å². The Morgan fingerprint density at radius 3 is 2.42 bits per heavy atom. The summed E-state index contributed by atoms with van der Waals surface area (Å²) in [6.07, 6.45) is -1.92. The molecule has 0 saturated heterocycles. The van der Waals surface area contributed by atoms with Crippen LogP contribution < -0.4 is 10.1 Å². The van der Waals surface area contributed by atoms with E-state index in [1.807, 2.05) is 25.1 Å². The first-order chi connectivity index (χ1) is 12.3. The van der Waals surface area contributed by atoms with Crippen molar-refractivity contribution in [2.75, 3.05) is 5.32 Å². The molecule has 2 atom stereocenters. The van der Waals surface area contributed by atoms with Gasteiger partial charge >= 0.3 is 5.97 Å². The largest absolute Gasteiger partial charge is 0.477 e. The average molecular weight is 396 g/mol. The molecule has 138 valence electrons. The first kappa shape index (κ1) is 20.1. The number of ether oxygens (including phenoxy) is 2. The van der Waals surface area contributed by atoms with E-state index in [9.17, 15) is 9.59 Å². The molecule has 0 aromatic heterocycles. The van der Waals surface area contributed by atoms with Gasteiger partial charge in [-0.3, -0.25) is 4.79 Å². The number of esters is 1. The Morgan fingerprint density at radius 2 is 1.77 bits per heavy atom. The fourth-order valence-corrected chi connectivity index (χ4v) is 2.55. The highest BCUT2D eigenvalue weighted by Crippen LogP contribution is 2.28. The molecule has 1 N–H and O–H groups in total.